The van der Waals surface area contributed by atoms with Gasteiger partial charge in [0.05, 0.1) is 13.2 Å². The Hall–Kier alpha value is -1.22. The van der Waals surface area contributed by atoms with Crippen LogP contribution in [0.4, 0.5) is 0 Å². The lowest BCUT2D eigenvalue weighted by atomic mass is 9.94. The van der Waals surface area contributed by atoms with Crippen LogP contribution >= 0.6 is 0 Å². The number of benzene rings is 1. The van der Waals surface area contributed by atoms with Crippen LogP contribution < -0.4 is 14.8 Å². The van der Waals surface area contributed by atoms with Crippen LogP contribution in [-0.2, 0) is 0 Å². The van der Waals surface area contributed by atoms with Gasteiger partial charge in [0.1, 0.15) is 0 Å². The molecule has 0 fully saturated rings. The summed E-state index contributed by atoms with van der Waals surface area (Å²) in [5, 5.41) is 3.61. The molecule has 0 bridgehead atoms. The molecule has 18 heavy (non-hydrogen) atoms. The zero-order valence-electron chi connectivity index (χ0n) is 11.9. The molecule has 2 unspecified atom stereocenters. The van der Waals surface area contributed by atoms with Crippen molar-refractivity contribution in [3.8, 4) is 11.5 Å². The van der Waals surface area contributed by atoms with E-state index in [1.54, 1.807) is 7.11 Å². The molecule has 1 aromatic carbocycles. The van der Waals surface area contributed by atoms with E-state index in [0.717, 1.165) is 17.9 Å². The number of methoxy groups -OCH3 is 1. The number of hydrogen-bond acceptors (Lipinski definition) is 3. The van der Waals surface area contributed by atoms with E-state index in [1.165, 1.54) is 11.1 Å². The summed E-state index contributed by atoms with van der Waals surface area (Å²) in [6.45, 7) is 8.55. The Balaban J connectivity index is 2.43. The van der Waals surface area contributed by atoms with Gasteiger partial charge in [-0.3, -0.25) is 0 Å². The third-order valence-corrected chi connectivity index (χ3v) is 3.24. The van der Waals surface area contributed by atoms with E-state index in [2.05, 4.69) is 39.1 Å². The smallest absolute Gasteiger partial charge is 0.166 e. The van der Waals surface area contributed by atoms with Gasteiger partial charge in [-0.2, -0.15) is 0 Å². The molecule has 3 heteroatoms. The Morgan fingerprint density at radius 3 is 2.72 bits per heavy atom. The van der Waals surface area contributed by atoms with Crippen LogP contribution in [0, 0.1) is 6.92 Å². The van der Waals surface area contributed by atoms with Crippen molar-refractivity contribution in [2.75, 3.05) is 7.11 Å². The van der Waals surface area contributed by atoms with E-state index in [4.69, 9.17) is 9.47 Å². The van der Waals surface area contributed by atoms with Crippen LogP contribution in [-0.4, -0.2) is 19.3 Å². The highest BCUT2D eigenvalue weighted by Gasteiger charge is 2.28. The average Bonchev–Trinajstić information content (AvgIpc) is 2.28. The average molecular weight is 249 g/mol. The molecule has 0 saturated heterocycles. The fourth-order valence-electron chi connectivity index (χ4n) is 2.57. The van der Waals surface area contributed by atoms with Crippen LogP contribution in [0.3, 0.4) is 0 Å². The molecule has 100 valence electrons. The Bertz CT molecular complexity index is 429. The summed E-state index contributed by atoms with van der Waals surface area (Å²) in [4.78, 5) is 0. The molecule has 0 saturated carbocycles. The van der Waals surface area contributed by atoms with E-state index in [0.29, 0.717) is 12.1 Å². The molecule has 1 heterocycles. The summed E-state index contributed by atoms with van der Waals surface area (Å²) in [5.74, 6) is 1.74. The van der Waals surface area contributed by atoms with Crippen molar-refractivity contribution in [3.05, 3.63) is 23.3 Å². The Kier molecular flexibility index (Phi) is 3.81. The predicted octanol–water partition coefficient (Wildman–Crippen LogP) is 3.21. The van der Waals surface area contributed by atoms with Gasteiger partial charge in [0.15, 0.2) is 11.5 Å². The Morgan fingerprint density at radius 2 is 2.11 bits per heavy atom. The number of ether oxygens (including phenoxy) is 2. The van der Waals surface area contributed by atoms with Crippen molar-refractivity contribution in [3.63, 3.8) is 0 Å². The number of nitrogens with one attached hydrogen (secondary N) is 1. The highest BCUT2D eigenvalue weighted by Crippen LogP contribution is 2.42. The van der Waals surface area contributed by atoms with E-state index >= 15 is 0 Å². The summed E-state index contributed by atoms with van der Waals surface area (Å²) in [7, 11) is 1.70. The van der Waals surface area contributed by atoms with Gasteiger partial charge in [-0.1, -0.05) is 19.9 Å². The highest BCUT2D eigenvalue weighted by atomic mass is 16.5. The minimum atomic E-state index is 0.213. The zero-order chi connectivity index (χ0) is 13.3. The van der Waals surface area contributed by atoms with E-state index in [1.807, 2.05) is 6.07 Å². The molecule has 0 aromatic heterocycles. The Morgan fingerprint density at radius 1 is 1.39 bits per heavy atom. The maximum Gasteiger partial charge on any atom is 0.166 e. The second-order valence-electron chi connectivity index (χ2n) is 5.42. The fourth-order valence-corrected chi connectivity index (χ4v) is 2.57. The molecule has 0 radical (unpaired) electrons. The summed E-state index contributed by atoms with van der Waals surface area (Å²) in [6.07, 6.45) is 1.21. The maximum atomic E-state index is 5.96. The van der Waals surface area contributed by atoms with Gasteiger partial charge in [0.2, 0.25) is 0 Å². The highest BCUT2D eigenvalue weighted by molar-refractivity contribution is 5.51. The molecular weight excluding hydrogens is 226 g/mol. The van der Waals surface area contributed by atoms with Gasteiger partial charge < -0.3 is 14.8 Å². The van der Waals surface area contributed by atoms with Gasteiger partial charge >= 0.3 is 0 Å². The molecule has 0 spiro atoms. The first kappa shape index (κ1) is 13.2. The summed E-state index contributed by atoms with van der Waals surface area (Å²) in [6, 6.07) is 5.03. The van der Waals surface area contributed by atoms with E-state index in [-0.39, 0.29) is 6.10 Å². The first-order valence-electron chi connectivity index (χ1n) is 6.62. The third kappa shape index (κ3) is 2.61. The van der Waals surface area contributed by atoms with Crippen LogP contribution in [0.2, 0.25) is 0 Å². The SMILES string of the molecule is COc1cc(C)cc2c1OC(C)CC2NC(C)C. The van der Waals surface area contributed by atoms with Crippen LogP contribution in [0.15, 0.2) is 12.1 Å². The minimum Gasteiger partial charge on any atom is -0.493 e. The van der Waals surface area contributed by atoms with Crippen LogP contribution in [0.1, 0.15) is 44.4 Å². The lowest BCUT2D eigenvalue weighted by Crippen LogP contribution is -2.35. The van der Waals surface area contributed by atoms with Crippen LogP contribution in [0.25, 0.3) is 0 Å². The zero-order valence-corrected chi connectivity index (χ0v) is 11.9. The molecule has 1 aromatic rings. The van der Waals surface area contributed by atoms with Gasteiger partial charge in [0.25, 0.3) is 0 Å². The summed E-state index contributed by atoms with van der Waals surface area (Å²) >= 11 is 0. The topological polar surface area (TPSA) is 30.5 Å². The van der Waals surface area contributed by atoms with Crippen molar-refractivity contribution in [2.45, 2.75) is 52.3 Å². The second kappa shape index (κ2) is 5.19. The van der Waals surface area contributed by atoms with Gasteiger partial charge in [-0.05, 0) is 25.5 Å². The van der Waals surface area contributed by atoms with Gasteiger partial charge in [-0.25, -0.2) is 0 Å². The van der Waals surface area contributed by atoms with Crippen molar-refractivity contribution in [2.24, 2.45) is 0 Å². The summed E-state index contributed by atoms with van der Waals surface area (Å²) < 4.78 is 11.4. The van der Waals surface area contributed by atoms with Crippen molar-refractivity contribution in [1.82, 2.24) is 5.32 Å². The van der Waals surface area contributed by atoms with Crippen molar-refractivity contribution in [1.29, 1.82) is 0 Å². The molecule has 0 amide bonds. The van der Waals surface area contributed by atoms with Crippen molar-refractivity contribution < 1.29 is 9.47 Å². The predicted molar refractivity (Wildman–Crippen MR) is 73.5 cm³/mol. The number of rotatable bonds is 3. The number of hydrogen-bond donors (Lipinski definition) is 1. The molecular formula is C15H23NO2. The van der Waals surface area contributed by atoms with Crippen molar-refractivity contribution >= 4 is 0 Å². The molecule has 2 atom stereocenters. The minimum absolute atomic E-state index is 0.213. The first-order valence-corrected chi connectivity index (χ1v) is 6.62. The third-order valence-electron chi connectivity index (χ3n) is 3.24. The molecule has 1 aliphatic rings. The van der Waals surface area contributed by atoms with Gasteiger partial charge in [0, 0.05) is 24.1 Å². The first-order chi connectivity index (χ1) is 8.51. The van der Waals surface area contributed by atoms with E-state index in [9.17, 15) is 0 Å². The molecule has 3 nitrogen and oxygen atoms in total. The van der Waals surface area contributed by atoms with Crippen LogP contribution in [0.5, 0.6) is 11.5 Å². The number of aryl methyl sites for hydroxylation is 1. The molecule has 1 aliphatic heterocycles. The quantitative estimate of drug-likeness (QED) is 0.892. The lowest BCUT2D eigenvalue weighted by molar-refractivity contribution is 0.156. The molecule has 2 rings (SSSR count). The fraction of sp³-hybridized carbons (Fsp3) is 0.600. The largest absolute Gasteiger partial charge is 0.493 e. The number of fused-ring (bicyclic) bond motifs is 1. The second-order valence-corrected chi connectivity index (χ2v) is 5.42. The molecule has 0 aliphatic carbocycles. The lowest BCUT2D eigenvalue weighted by Gasteiger charge is -2.33. The molecule has 1 N–H and O–H groups in total. The monoisotopic (exact) mass is 249 g/mol. The maximum absolute atomic E-state index is 5.96. The standard InChI is InChI=1S/C15H23NO2/c1-9(2)16-13-8-11(4)18-15-12(13)6-10(3)7-14(15)17-5/h6-7,9,11,13,16H,8H2,1-5H3. The Labute approximate surface area is 109 Å². The van der Waals surface area contributed by atoms with E-state index < -0.39 is 0 Å². The normalized spacial score (nSPS) is 22.6. The summed E-state index contributed by atoms with van der Waals surface area (Å²) in [5.41, 5.74) is 2.43. The van der Waals surface area contributed by atoms with Gasteiger partial charge in [-0.15, -0.1) is 0 Å².